The standard InChI is InChI=1S/C44H62N10O10S/c1-24(2)17-32(40(60)49-31(38(46)58)15-16-65-5)51-42(62)35(20-28-22-47-23-48-28)53-44(64)37(25(3)4)54-43(63)34(18-26-9-7-6-8-10-26)52-41(61)33(19-27-11-13-29(55)14-12-27)50-39(59)30(45)21-36(56)57/h6-14,22-25,30-35,37,55H,15-21,45H2,1-5H3,(H2,46,58)(H,47,48)(H,49,60)(H,50,59)(H,51,62)(H,52,61)(H,53,64)(H,54,63)(H,56,57). The highest BCUT2D eigenvalue weighted by Gasteiger charge is 2.35. The molecule has 21 heteroatoms. The maximum absolute atomic E-state index is 14.3. The van der Waals surface area contributed by atoms with Crippen molar-refractivity contribution in [3.63, 3.8) is 0 Å². The van der Waals surface area contributed by atoms with Gasteiger partial charge in [0.05, 0.1) is 18.8 Å². The van der Waals surface area contributed by atoms with E-state index in [-0.39, 0.29) is 43.8 Å². The number of benzene rings is 2. The van der Waals surface area contributed by atoms with Gasteiger partial charge < -0.3 is 58.6 Å². The van der Waals surface area contributed by atoms with E-state index in [2.05, 4.69) is 41.9 Å². The van der Waals surface area contributed by atoms with Gasteiger partial charge in [-0.05, 0) is 59.9 Å². The summed E-state index contributed by atoms with van der Waals surface area (Å²) in [6.45, 7) is 7.03. The number of phenolic OH excluding ortho intramolecular Hbond substituents is 1. The highest BCUT2D eigenvalue weighted by molar-refractivity contribution is 7.98. The molecule has 354 valence electrons. The molecule has 20 nitrogen and oxygen atoms in total. The average Bonchev–Trinajstić information content (AvgIpc) is 3.76. The third kappa shape index (κ3) is 18.3. The van der Waals surface area contributed by atoms with E-state index >= 15 is 0 Å². The second-order valence-electron chi connectivity index (χ2n) is 16.4. The third-order valence-corrected chi connectivity index (χ3v) is 10.8. The van der Waals surface area contributed by atoms with E-state index in [1.807, 2.05) is 20.1 Å². The molecule has 0 aliphatic heterocycles. The van der Waals surface area contributed by atoms with Gasteiger partial charge in [0.2, 0.25) is 41.4 Å². The summed E-state index contributed by atoms with van der Waals surface area (Å²) >= 11 is 1.47. The molecule has 0 bridgehead atoms. The minimum atomic E-state index is -1.50. The number of carbonyl (C=O) groups excluding carboxylic acids is 7. The van der Waals surface area contributed by atoms with E-state index in [1.165, 1.54) is 48.6 Å². The molecule has 7 atom stereocenters. The van der Waals surface area contributed by atoms with Crippen molar-refractivity contribution >= 4 is 59.1 Å². The lowest BCUT2D eigenvalue weighted by atomic mass is 9.99. The van der Waals surface area contributed by atoms with Crippen LogP contribution in [0.25, 0.3) is 0 Å². The molecule has 0 aliphatic rings. The fourth-order valence-electron chi connectivity index (χ4n) is 6.61. The number of imidazole rings is 1. The van der Waals surface area contributed by atoms with Gasteiger partial charge >= 0.3 is 5.97 Å². The number of primary amides is 1. The average molecular weight is 923 g/mol. The smallest absolute Gasteiger partial charge is 0.305 e. The quantitative estimate of drug-likeness (QED) is 0.0473. The van der Waals surface area contributed by atoms with Crippen LogP contribution >= 0.6 is 11.8 Å². The van der Waals surface area contributed by atoms with Crippen LogP contribution in [0.1, 0.15) is 63.8 Å². The number of carbonyl (C=O) groups is 8. The zero-order valence-electron chi connectivity index (χ0n) is 37.2. The molecule has 0 fully saturated rings. The first-order valence-electron chi connectivity index (χ1n) is 21.1. The van der Waals surface area contributed by atoms with Crippen molar-refractivity contribution in [2.75, 3.05) is 12.0 Å². The van der Waals surface area contributed by atoms with Crippen LogP contribution in [-0.4, -0.2) is 122 Å². The van der Waals surface area contributed by atoms with Crippen molar-refractivity contribution in [1.29, 1.82) is 0 Å². The lowest BCUT2D eigenvalue weighted by Crippen LogP contribution is -2.61. The first kappa shape index (κ1) is 52.9. The van der Waals surface area contributed by atoms with Crippen LogP contribution in [0, 0.1) is 11.8 Å². The predicted molar refractivity (Wildman–Crippen MR) is 243 cm³/mol. The molecular formula is C44H62N10O10S. The fourth-order valence-corrected chi connectivity index (χ4v) is 7.08. The summed E-state index contributed by atoms with van der Waals surface area (Å²) in [4.78, 5) is 114. The van der Waals surface area contributed by atoms with Gasteiger partial charge in [-0.3, -0.25) is 38.4 Å². The Bertz CT molecular complexity index is 2050. The summed E-state index contributed by atoms with van der Waals surface area (Å²) in [5.74, 6) is -6.90. The maximum atomic E-state index is 14.3. The number of hydrogen-bond donors (Lipinski definition) is 11. The second-order valence-corrected chi connectivity index (χ2v) is 17.4. The summed E-state index contributed by atoms with van der Waals surface area (Å²) in [6.07, 6.45) is 4.14. The lowest BCUT2D eigenvalue weighted by molar-refractivity contribution is -0.140. The van der Waals surface area contributed by atoms with Gasteiger partial charge in [-0.1, -0.05) is 70.2 Å². The highest BCUT2D eigenvalue weighted by atomic mass is 32.2. The Morgan fingerprint density at radius 3 is 1.71 bits per heavy atom. The summed E-state index contributed by atoms with van der Waals surface area (Å²) < 4.78 is 0. The molecule has 2 aromatic carbocycles. The molecule has 3 rings (SSSR count). The molecule has 0 aliphatic carbocycles. The zero-order chi connectivity index (χ0) is 48.2. The number of nitrogens with one attached hydrogen (secondary N) is 7. The third-order valence-electron chi connectivity index (χ3n) is 10.1. The van der Waals surface area contributed by atoms with Crippen molar-refractivity contribution in [2.45, 2.75) is 109 Å². The van der Waals surface area contributed by atoms with E-state index in [0.29, 0.717) is 22.6 Å². The molecule has 0 saturated carbocycles. The van der Waals surface area contributed by atoms with Crippen molar-refractivity contribution in [2.24, 2.45) is 23.3 Å². The van der Waals surface area contributed by atoms with Gasteiger partial charge in [0, 0.05) is 31.2 Å². The van der Waals surface area contributed by atoms with E-state index in [1.54, 1.807) is 44.2 Å². The molecule has 0 saturated heterocycles. The van der Waals surface area contributed by atoms with Gasteiger partial charge in [-0.2, -0.15) is 11.8 Å². The molecular weight excluding hydrogens is 861 g/mol. The number of carboxylic acids is 1. The predicted octanol–water partition coefficient (Wildman–Crippen LogP) is -0.205. The van der Waals surface area contributed by atoms with E-state index in [0.717, 1.165) is 0 Å². The van der Waals surface area contributed by atoms with Crippen molar-refractivity contribution in [1.82, 2.24) is 41.9 Å². The number of rotatable bonds is 27. The SMILES string of the molecule is CSCCC(NC(=O)C(CC(C)C)NC(=O)C(Cc1cnc[nH]1)NC(=O)C(NC(=O)C(Cc1ccccc1)NC(=O)C(Cc1ccc(O)cc1)NC(=O)C(N)CC(=O)O)C(C)C)C(N)=O. The Kier molecular flexibility index (Phi) is 21.4. The minimum absolute atomic E-state index is 0.0473. The van der Waals surface area contributed by atoms with Crippen molar-refractivity contribution < 1.29 is 48.6 Å². The molecule has 7 unspecified atom stereocenters. The Labute approximate surface area is 382 Å². The van der Waals surface area contributed by atoms with Crippen LogP contribution in [0.4, 0.5) is 0 Å². The summed E-state index contributed by atoms with van der Waals surface area (Å²) in [5.41, 5.74) is 13.0. The van der Waals surface area contributed by atoms with Crippen LogP contribution < -0.4 is 43.4 Å². The van der Waals surface area contributed by atoms with Gasteiger partial charge in [0.25, 0.3) is 0 Å². The molecule has 0 radical (unpaired) electrons. The van der Waals surface area contributed by atoms with Gasteiger partial charge in [-0.15, -0.1) is 0 Å². The Morgan fingerprint density at radius 1 is 0.677 bits per heavy atom. The number of nitrogens with zero attached hydrogens (tertiary/aromatic N) is 1. The Hall–Kier alpha value is -6.48. The summed E-state index contributed by atoms with van der Waals surface area (Å²) in [5, 5.41) is 35.0. The van der Waals surface area contributed by atoms with Gasteiger partial charge in [0.15, 0.2) is 0 Å². The van der Waals surface area contributed by atoms with Crippen LogP contribution in [-0.2, 0) is 57.6 Å². The number of hydrogen-bond acceptors (Lipinski definition) is 12. The molecule has 0 spiro atoms. The summed E-state index contributed by atoms with van der Waals surface area (Å²) in [7, 11) is 0. The number of phenols is 1. The number of carboxylic acid groups (broad SMARTS) is 1. The van der Waals surface area contributed by atoms with E-state index in [9.17, 15) is 48.6 Å². The lowest BCUT2D eigenvalue weighted by Gasteiger charge is -2.29. The van der Waals surface area contributed by atoms with Crippen molar-refractivity contribution in [3.05, 3.63) is 83.9 Å². The number of aromatic hydroxyl groups is 1. The van der Waals surface area contributed by atoms with Crippen LogP contribution in [0.2, 0.25) is 0 Å². The molecule has 13 N–H and O–H groups in total. The second kappa shape index (κ2) is 26.3. The monoisotopic (exact) mass is 922 g/mol. The zero-order valence-corrected chi connectivity index (χ0v) is 38.0. The van der Waals surface area contributed by atoms with Crippen LogP contribution in [0.3, 0.4) is 0 Å². The fraction of sp³-hybridized carbons (Fsp3) is 0.477. The van der Waals surface area contributed by atoms with Gasteiger partial charge in [0.1, 0.15) is 42.0 Å². The van der Waals surface area contributed by atoms with Crippen molar-refractivity contribution in [3.8, 4) is 5.75 Å². The minimum Gasteiger partial charge on any atom is -0.508 e. The van der Waals surface area contributed by atoms with E-state index < -0.39 is 102 Å². The van der Waals surface area contributed by atoms with Gasteiger partial charge in [-0.25, -0.2) is 4.98 Å². The normalized spacial score (nSPS) is 14.4. The molecule has 7 amide bonds. The number of aliphatic carboxylic acids is 1. The highest BCUT2D eigenvalue weighted by Crippen LogP contribution is 2.14. The maximum Gasteiger partial charge on any atom is 0.305 e. The molecule has 1 heterocycles. The Morgan fingerprint density at radius 2 is 1.18 bits per heavy atom. The van der Waals surface area contributed by atoms with Crippen LogP contribution in [0.5, 0.6) is 5.75 Å². The number of amides is 7. The molecule has 3 aromatic rings. The molecule has 1 aromatic heterocycles. The number of nitrogens with two attached hydrogens (primary N) is 2. The topological polar surface area (TPSA) is 330 Å². The first-order valence-corrected chi connectivity index (χ1v) is 22.5. The first-order chi connectivity index (χ1) is 30.8. The van der Waals surface area contributed by atoms with Crippen LogP contribution in [0.15, 0.2) is 67.1 Å². The Balaban J connectivity index is 1.91. The largest absolute Gasteiger partial charge is 0.508 e. The van der Waals surface area contributed by atoms with E-state index in [4.69, 9.17) is 11.5 Å². The molecule has 65 heavy (non-hydrogen) atoms. The number of H-pyrrole nitrogens is 1. The number of aromatic amines is 1. The summed E-state index contributed by atoms with van der Waals surface area (Å²) in [6, 6.07) is 5.59. The number of aromatic nitrogens is 2. The number of thioether (sulfide) groups is 1.